The molecule has 4 nitrogen and oxygen atoms in total. The number of amides is 1. The van der Waals surface area contributed by atoms with Crippen LogP contribution in [0.15, 0.2) is 12.2 Å². The van der Waals surface area contributed by atoms with Crippen molar-refractivity contribution in [1.82, 2.24) is 5.32 Å². The first kappa shape index (κ1) is 71.1. The van der Waals surface area contributed by atoms with Gasteiger partial charge in [0.15, 0.2) is 0 Å². The Bertz CT molecular complexity index is 1010. The lowest BCUT2D eigenvalue weighted by Crippen LogP contribution is -2.45. The minimum absolute atomic E-state index is 0.0209. The second-order valence-corrected chi connectivity index (χ2v) is 23.6. The monoisotopic (exact) mass is 1010 g/mol. The molecule has 0 aliphatic carbocycles. The van der Waals surface area contributed by atoms with E-state index in [9.17, 15) is 15.0 Å². The molecule has 0 radical (unpaired) electrons. The molecule has 0 aromatic rings. The molecule has 0 saturated heterocycles. The highest BCUT2D eigenvalue weighted by atomic mass is 16.3. The second kappa shape index (κ2) is 64.4. The molecule has 0 rings (SSSR count). The van der Waals surface area contributed by atoms with E-state index in [4.69, 9.17) is 0 Å². The molecular formula is C68H135NO3. The Hall–Kier alpha value is -0.870. The second-order valence-electron chi connectivity index (χ2n) is 23.6. The van der Waals surface area contributed by atoms with Gasteiger partial charge in [0.2, 0.25) is 5.91 Å². The van der Waals surface area contributed by atoms with Crippen molar-refractivity contribution in [3.63, 3.8) is 0 Å². The molecule has 0 heterocycles. The average molecular weight is 1010 g/mol. The number of aliphatic hydroxyl groups excluding tert-OH is 2. The van der Waals surface area contributed by atoms with Crippen LogP contribution in [0.5, 0.6) is 0 Å². The summed E-state index contributed by atoms with van der Waals surface area (Å²) in [5.41, 5.74) is 0. The average Bonchev–Trinajstić information content (AvgIpc) is 3.39. The van der Waals surface area contributed by atoms with E-state index < -0.39 is 12.1 Å². The molecule has 0 aliphatic rings. The normalized spacial score (nSPS) is 12.7. The van der Waals surface area contributed by atoms with Gasteiger partial charge in [0.05, 0.1) is 18.8 Å². The first-order chi connectivity index (χ1) is 35.7. The number of hydrogen-bond donors (Lipinski definition) is 3. The fourth-order valence-corrected chi connectivity index (χ4v) is 11.1. The summed E-state index contributed by atoms with van der Waals surface area (Å²) in [7, 11) is 0. The zero-order chi connectivity index (χ0) is 52.0. The van der Waals surface area contributed by atoms with Crippen LogP contribution in [-0.4, -0.2) is 34.9 Å². The topological polar surface area (TPSA) is 69.6 Å². The largest absolute Gasteiger partial charge is 0.394 e. The van der Waals surface area contributed by atoms with E-state index in [0.29, 0.717) is 12.8 Å². The molecule has 0 fully saturated rings. The lowest BCUT2D eigenvalue weighted by atomic mass is 10.0. The third-order valence-corrected chi connectivity index (χ3v) is 16.3. The first-order valence-electron chi connectivity index (χ1n) is 33.9. The maximum atomic E-state index is 12.6. The number of hydrogen-bond acceptors (Lipinski definition) is 3. The van der Waals surface area contributed by atoms with Gasteiger partial charge in [-0.1, -0.05) is 366 Å². The molecular weight excluding hydrogens is 879 g/mol. The summed E-state index contributed by atoms with van der Waals surface area (Å²) in [6.45, 7) is 4.41. The Balaban J connectivity index is 3.37. The lowest BCUT2D eigenvalue weighted by molar-refractivity contribution is -0.123. The van der Waals surface area contributed by atoms with Crippen LogP contribution in [0, 0.1) is 0 Å². The number of unbranched alkanes of at least 4 members (excludes halogenated alkanes) is 55. The summed E-state index contributed by atoms with van der Waals surface area (Å²) in [5, 5.41) is 23.5. The molecule has 0 aromatic heterocycles. The van der Waals surface area contributed by atoms with E-state index in [0.717, 1.165) is 25.7 Å². The van der Waals surface area contributed by atoms with Gasteiger partial charge in [-0.3, -0.25) is 4.79 Å². The first-order valence-corrected chi connectivity index (χ1v) is 33.9. The van der Waals surface area contributed by atoms with Gasteiger partial charge in [-0.2, -0.15) is 0 Å². The van der Waals surface area contributed by atoms with Crippen LogP contribution in [0.1, 0.15) is 399 Å². The molecule has 72 heavy (non-hydrogen) atoms. The Morgan fingerprint density at radius 2 is 0.528 bits per heavy atom. The van der Waals surface area contributed by atoms with Crippen LogP contribution in [0.2, 0.25) is 0 Å². The highest BCUT2D eigenvalue weighted by molar-refractivity contribution is 5.76. The van der Waals surface area contributed by atoms with Crippen LogP contribution in [0.4, 0.5) is 0 Å². The number of carbonyl (C=O) groups is 1. The quantitative estimate of drug-likeness (QED) is 0.0420. The highest BCUT2D eigenvalue weighted by Gasteiger charge is 2.20. The van der Waals surface area contributed by atoms with Crippen LogP contribution >= 0.6 is 0 Å². The molecule has 2 atom stereocenters. The maximum Gasteiger partial charge on any atom is 0.220 e. The van der Waals surface area contributed by atoms with Gasteiger partial charge in [-0.25, -0.2) is 0 Å². The van der Waals surface area contributed by atoms with Crippen molar-refractivity contribution in [3.8, 4) is 0 Å². The highest BCUT2D eigenvalue weighted by Crippen LogP contribution is 2.19. The van der Waals surface area contributed by atoms with Crippen LogP contribution in [0.25, 0.3) is 0 Å². The molecule has 3 N–H and O–H groups in total. The molecule has 0 spiro atoms. The van der Waals surface area contributed by atoms with Gasteiger partial charge in [0.1, 0.15) is 0 Å². The fraction of sp³-hybridized carbons (Fsp3) is 0.956. The zero-order valence-electron chi connectivity index (χ0n) is 49.7. The molecule has 0 aliphatic heterocycles. The summed E-state index contributed by atoms with van der Waals surface area (Å²) in [4.78, 5) is 12.6. The van der Waals surface area contributed by atoms with Crippen molar-refractivity contribution in [3.05, 3.63) is 12.2 Å². The Morgan fingerprint density at radius 3 is 0.764 bits per heavy atom. The Kier molecular flexibility index (Phi) is 63.6. The minimum Gasteiger partial charge on any atom is -0.394 e. The van der Waals surface area contributed by atoms with E-state index in [2.05, 4.69) is 31.3 Å². The molecule has 1 amide bonds. The van der Waals surface area contributed by atoms with Crippen molar-refractivity contribution >= 4 is 5.91 Å². The standard InChI is InChI=1S/C68H135NO3/c1-3-5-7-9-11-13-15-17-19-21-23-25-27-29-31-32-33-34-35-36-38-40-42-44-46-48-50-52-54-56-58-60-62-64-68(72)69-66(65-70)67(71)63-61-59-57-55-53-51-49-47-45-43-41-39-37-30-28-26-24-22-20-18-16-14-12-10-8-6-4-2/h21,23,66-67,70-71H,3-20,22,24-65H2,1-2H3,(H,69,72)/b23-21-. The van der Waals surface area contributed by atoms with Gasteiger partial charge in [-0.15, -0.1) is 0 Å². The minimum atomic E-state index is -0.657. The van der Waals surface area contributed by atoms with Crippen LogP contribution in [-0.2, 0) is 4.79 Å². The van der Waals surface area contributed by atoms with E-state index in [1.54, 1.807) is 0 Å². The summed E-state index contributed by atoms with van der Waals surface area (Å²) < 4.78 is 0. The molecule has 430 valence electrons. The SMILES string of the molecule is CCCCCCCCCC/C=C\CCCCCCCCCCCCCCCCCCCCCCCC(=O)NC(CO)C(O)CCCCCCCCCCCCCCCCCCCCCCCCCCCCC. The smallest absolute Gasteiger partial charge is 0.220 e. The summed E-state index contributed by atoms with van der Waals surface area (Å²) in [5.74, 6) is -0.0209. The summed E-state index contributed by atoms with van der Waals surface area (Å²) in [6, 6.07) is -0.534. The third kappa shape index (κ3) is 60.0. The van der Waals surface area contributed by atoms with Gasteiger partial charge in [0.25, 0.3) is 0 Å². The van der Waals surface area contributed by atoms with Crippen molar-refractivity contribution in [2.45, 2.75) is 411 Å². The molecule has 2 unspecified atom stereocenters. The Morgan fingerprint density at radius 1 is 0.319 bits per heavy atom. The van der Waals surface area contributed by atoms with Crippen LogP contribution < -0.4 is 5.32 Å². The van der Waals surface area contributed by atoms with Gasteiger partial charge < -0.3 is 15.5 Å². The van der Waals surface area contributed by atoms with Crippen LogP contribution in [0.3, 0.4) is 0 Å². The van der Waals surface area contributed by atoms with Crippen molar-refractivity contribution in [1.29, 1.82) is 0 Å². The van der Waals surface area contributed by atoms with Gasteiger partial charge >= 0.3 is 0 Å². The number of rotatable bonds is 64. The predicted molar refractivity (Wildman–Crippen MR) is 323 cm³/mol. The maximum absolute atomic E-state index is 12.6. The molecule has 0 bridgehead atoms. The van der Waals surface area contributed by atoms with Gasteiger partial charge in [-0.05, 0) is 38.5 Å². The van der Waals surface area contributed by atoms with Crippen molar-refractivity contribution in [2.24, 2.45) is 0 Å². The molecule has 0 aromatic carbocycles. The summed E-state index contributed by atoms with van der Waals surface area (Å²) in [6.07, 6.45) is 85.5. The number of allylic oxidation sites excluding steroid dienone is 2. The zero-order valence-corrected chi connectivity index (χ0v) is 49.7. The number of aliphatic hydroxyl groups is 2. The number of nitrogens with one attached hydrogen (secondary N) is 1. The van der Waals surface area contributed by atoms with E-state index in [1.807, 2.05) is 0 Å². The summed E-state index contributed by atoms with van der Waals surface area (Å²) >= 11 is 0. The molecule has 0 saturated carbocycles. The van der Waals surface area contributed by atoms with Gasteiger partial charge in [0, 0.05) is 6.42 Å². The lowest BCUT2D eigenvalue weighted by Gasteiger charge is -2.22. The molecule has 4 heteroatoms. The fourth-order valence-electron chi connectivity index (χ4n) is 11.1. The Labute approximate surface area is 454 Å². The van der Waals surface area contributed by atoms with Crippen molar-refractivity contribution < 1.29 is 15.0 Å². The van der Waals surface area contributed by atoms with E-state index in [1.165, 1.54) is 347 Å². The van der Waals surface area contributed by atoms with Crippen molar-refractivity contribution in [2.75, 3.05) is 6.61 Å². The van der Waals surface area contributed by atoms with E-state index >= 15 is 0 Å². The third-order valence-electron chi connectivity index (χ3n) is 16.3. The predicted octanol–water partition coefficient (Wildman–Crippen LogP) is 22.8. The number of carbonyl (C=O) groups excluding carboxylic acids is 1. The van der Waals surface area contributed by atoms with E-state index in [-0.39, 0.29) is 12.5 Å².